The molecule has 0 saturated carbocycles. The zero-order valence-corrected chi connectivity index (χ0v) is 9.24. The third-order valence-corrected chi connectivity index (χ3v) is 1.98. The molecule has 1 aromatic carbocycles. The summed E-state index contributed by atoms with van der Waals surface area (Å²) in [5.41, 5.74) is 7.45. The van der Waals surface area contributed by atoms with E-state index in [0.29, 0.717) is 11.3 Å². The lowest BCUT2D eigenvalue weighted by molar-refractivity contribution is -0.139. The minimum atomic E-state index is -0.492. The van der Waals surface area contributed by atoms with Gasteiger partial charge in [-0.1, -0.05) is 0 Å². The van der Waals surface area contributed by atoms with Gasteiger partial charge in [0.1, 0.15) is 6.54 Å². The lowest BCUT2D eigenvalue weighted by Crippen LogP contribution is -2.30. The van der Waals surface area contributed by atoms with Crippen LogP contribution in [0.3, 0.4) is 0 Å². The zero-order chi connectivity index (χ0) is 12.1. The van der Waals surface area contributed by atoms with E-state index in [2.05, 4.69) is 10.1 Å². The van der Waals surface area contributed by atoms with Gasteiger partial charge in [0.05, 0.1) is 7.11 Å². The van der Waals surface area contributed by atoms with Crippen LogP contribution in [0.15, 0.2) is 18.2 Å². The molecule has 1 aromatic rings. The minimum absolute atomic E-state index is 0.150. The Hall–Kier alpha value is -2.04. The summed E-state index contributed by atoms with van der Waals surface area (Å²) < 4.78 is 4.41. The summed E-state index contributed by atoms with van der Waals surface area (Å²) in [6.45, 7) is 1.69. The number of nitrogens with two attached hydrogens (primary N) is 1. The van der Waals surface area contributed by atoms with Crippen molar-refractivity contribution in [1.29, 1.82) is 0 Å². The number of esters is 1. The molecule has 1 amide bonds. The number of rotatable bonds is 3. The van der Waals surface area contributed by atoms with Crippen molar-refractivity contribution in [3.8, 4) is 0 Å². The van der Waals surface area contributed by atoms with Crippen molar-refractivity contribution in [1.82, 2.24) is 5.32 Å². The highest BCUT2D eigenvalue weighted by molar-refractivity contribution is 5.96. The summed E-state index contributed by atoms with van der Waals surface area (Å²) in [7, 11) is 1.26. The van der Waals surface area contributed by atoms with Crippen molar-refractivity contribution in [2.24, 2.45) is 0 Å². The Kier molecular flexibility index (Phi) is 3.88. The summed E-state index contributed by atoms with van der Waals surface area (Å²) in [6, 6.07) is 5.01. The fourth-order valence-corrected chi connectivity index (χ4v) is 1.27. The molecular formula is C11H14N2O3. The lowest BCUT2D eigenvalue weighted by atomic mass is 10.1. The van der Waals surface area contributed by atoms with Crippen molar-refractivity contribution < 1.29 is 14.3 Å². The van der Waals surface area contributed by atoms with E-state index in [1.165, 1.54) is 7.11 Å². The van der Waals surface area contributed by atoms with Crippen LogP contribution in [0, 0.1) is 6.92 Å². The van der Waals surface area contributed by atoms with Gasteiger partial charge in [0.25, 0.3) is 5.91 Å². The van der Waals surface area contributed by atoms with Gasteiger partial charge in [0.2, 0.25) is 0 Å². The van der Waals surface area contributed by atoms with Gasteiger partial charge in [-0.05, 0) is 30.7 Å². The highest BCUT2D eigenvalue weighted by Crippen LogP contribution is 2.10. The Labute approximate surface area is 93.6 Å². The molecular weight excluding hydrogens is 208 g/mol. The first-order chi connectivity index (χ1) is 7.52. The first-order valence-corrected chi connectivity index (χ1v) is 4.75. The van der Waals surface area contributed by atoms with Crippen LogP contribution in [-0.4, -0.2) is 25.5 Å². The van der Waals surface area contributed by atoms with Gasteiger partial charge < -0.3 is 15.8 Å². The third kappa shape index (κ3) is 3.27. The molecule has 0 spiro atoms. The van der Waals surface area contributed by atoms with Crippen LogP contribution < -0.4 is 11.1 Å². The fourth-order valence-electron chi connectivity index (χ4n) is 1.27. The second-order valence-electron chi connectivity index (χ2n) is 3.39. The molecule has 16 heavy (non-hydrogen) atoms. The Morgan fingerprint density at radius 2 is 2.06 bits per heavy atom. The molecule has 3 N–H and O–H groups in total. The molecule has 0 saturated heterocycles. The van der Waals surface area contributed by atoms with Crippen molar-refractivity contribution in [3.05, 3.63) is 29.3 Å². The van der Waals surface area contributed by atoms with E-state index in [1.807, 2.05) is 6.92 Å². The molecule has 0 aromatic heterocycles. The molecule has 0 aliphatic carbocycles. The molecule has 0 fully saturated rings. The van der Waals surface area contributed by atoms with E-state index < -0.39 is 5.97 Å². The van der Waals surface area contributed by atoms with E-state index in [0.717, 1.165) is 5.56 Å². The summed E-state index contributed by atoms with van der Waals surface area (Å²) in [4.78, 5) is 22.4. The van der Waals surface area contributed by atoms with Gasteiger partial charge in [0.15, 0.2) is 0 Å². The van der Waals surface area contributed by atoms with Gasteiger partial charge >= 0.3 is 5.97 Å². The average Bonchev–Trinajstić information content (AvgIpc) is 2.23. The Morgan fingerprint density at radius 3 is 2.62 bits per heavy atom. The van der Waals surface area contributed by atoms with Crippen LogP contribution in [0.2, 0.25) is 0 Å². The van der Waals surface area contributed by atoms with E-state index in [9.17, 15) is 9.59 Å². The van der Waals surface area contributed by atoms with Crippen molar-refractivity contribution >= 4 is 17.6 Å². The molecule has 86 valence electrons. The highest BCUT2D eigenvalue weighted by atomic mass is 16.5. The Balaban J connectivity index is 2.69. The van der Waals surface area contributed by atoms with E-state index in [-0.39, 0.29) is 12.5 Å². The van der Waals surface area contributed by atoms with Crippen molar-refractivity contribution in [2.45, 2.75) is 6.92 Å². The molecule has 0 atom stereocenters. The summed E-state index contributed by atoms with van der Waals surface area (Å²) in [6.07, 6.45) is 0. The molecule has 0 aliphatic heterocycles. The second kappa shape index (κ2) is 5.16. The molecule has 5 heteroatoms. The normalized spacial score (nSPS) is 9.62. The number of nitrogen functional groups attached to an aromatic ring is 1. The number of hydrogen-bond donors (Lipinski definition) is 2. The zero-order valence-electron chi connectivity index (χ0n) is 9.24. The van der Waals surface area contributed by atoms with Crippen LogP contribution in [0.1, 0.15) is 15.9 Å². The van der Waals surface area contributed by atoms with Crippen molar-refractivity contribution in [2.75, 3.05) is 19.4 Å². The molecule has 1 rings (SSSR count). The maximum Gasteiger partial charge on any atom is 0.325 e. The number of nitrogens with one attached hydrogen (secondary N) is 1. The van der Waals surface area contributed by atoms with Crippen LogP contribution in [0.25, 0.3) is 0 Å². The second-order valence-corrected chi connectivity index (χ2v) is 3.39. The smallest absolute Gasteiger partial charge is 0.325 e. The van der Waals surface area contributed by atoms with Gasteiger partial charge in [-0.3, -0.25) is 9.59 Å². The van der Waals surface area contributed by atoms with Gasteiger partial charge in [-0.2, -0.15) is 0 Å². The first-order valence-electron chi connectivity index (χ1n) is 4.75. The standard InChI is InChI=1S/C11H14N2O3/c1-7-3-8(5-9(12)4-7)11(15)13-6-10(14)16-2/h3-5H,6,12H2,1-2H3,(H,13,15). The highest BCUT2D eigenvalue weighted by Gasteiger charge is 2.08. The largest absolute Gasteiger partial charge is 0.468 e. The number of ether oxygens (including phenoxy) is 1. The minimum Gasteiger partial charge on any atom is -0.468 e. The van der Waals surface area contributed by atoms with E-state index in [1.54, 1.807) is 18.2 Å². The lowest BCUT2D eigenvalue weighted by Gasteiger charge is -2.05. The number of carbonyl (C=O) groups is 2. The number of methoxy groups -OCH3 is 1. The Morgan fingerprint density at radius 1 is 1.38 bits per heavy atom. The van der Waals surface area contributed by atoms with Gasteiger partial charge in [-0.15, -0.1) is 0 Å². The van der Waals surface area contributed by atoms with Crippen LogP contribution in [0.4, 0.5) is 5.69 Å². The number of amides is 1. The molecule has 0 heterocycles. The molecule has 5 nitrogen and oxygen atoms in total. The van der Waals surface area contributed by atoms with Gasteiger partial charge in [0, 0.05) is 11.3 Å². The van der Waals surface area contributed by atoms with Crippen LogP contribution in [0.5, 0.6) is 0 Å². The predicted molar refractivity (Wildman–Crippen MR) is 59.9 cm³/mol. The Bertz CT molecular complexity index is 395. The molecule has 0 unspecified atom stereocenters. The summed E-state index contributed by atoms with van der Waals surface area (Å²) >= 11 is 0. The maximum atomic E-state index is 11.6. The summed E-state index contributed by atoms with van der Waals surface area (Å²) in [5, 5.41) is 2.44. The third-order valence-electron chi connectivity index (χ3n) is 1.98. The quantitative estimate of drug-likeness (QED) is 0.575. The van der Waals surface area contributed by atoms with Crippen LogP contribution in [-0.2, 0) is 9.53 Å². The maximum absolute atomic E-state index is 11.6. The monoisotopic (exact) mass is 222 g/mol. The first kappa shape index (κ1) is 12.0. The number of carbonyl (C=O) groups excluding carboxylic acids is 2. The van der Waals surface area contributed by atoms with Crippen molar-refractivity contribution in [3.63, 3.8) is 0 Å². The molecule has 0 radical (unpaired) electrons. The molecule has 0 aliphatic rings. The van der Waals surface area contributed by atoms with E-state index in [4.69, 9.17) is 5.73 Å². The molecule has 0 bridgehead atoms. The predicted octanol–water partition coefficient (Wildman–Crippen LogP) is 0.480. The fraction of sp³-hybridized carbons (Fsp3) is 0.273. The SMILES string of the molecule is COC(=O)CNC(=O)c1cc(C)cc(N)c1. The topological polar surface area (TPSA) is 81.4 Å². The van der Waals surface area contributed by atoms with Gasteiger partial charge in [-0.25, -0.2) is 0 Å². The average molecular weight is 222 g/mol. The summed E-state index contributed by atoms with van der Waals surface area (Å²) in [5.74, 6) is -0.838. The number of anilines is 1. The van der Waals surface area contributed by atoms with E-state index >= 15 is 0 Å². The van der Waals surface area contributed by atoms with Crippen LogP contribution >= 0.6 is 0 Å². The number of aryl methyl sites for hydroxylation is 1. The number of benzene rings is 1. The number of hydrogen-bond acceptors (Lipinski definition) is 4.